The molecular formula is C25H29N2O10S2+. The molecule has 0 atom stereocenters. The first-order chi connectivity index (χ1) is 18.0. The molecule has 12 nitrogen and oxygen atoms in total. The molecule has 39 heavy (non-hydrogen) atoms. The zero-order valence-corrected chi connectivity index (χ0v) is 23.3. The molecule has 0 aromatic heterocycles. The van der Waals surface area contributed by atoms with Crippen molar-refractivity contribution in [3.8, 4) is 0 Å². The first-order valence-corrected chi connectivity index (χ1v) is 15.2. The van der Waals surface area contributed by atoms with Crippen LogP contribution in [0.2, 0.25) is 0 Å². The first-order valence-electron chi connectivity index (χ1n) is 12.3. The number of rotatable bonds is 9. The van der Waals surface area contributed by atoms with Crippen LogP contribution in [0.5, 0.6) is 0 Å². The van der Waals surface area contributed by atoms with E-state index in [-0.39, 0.29) is 30.0 Å². The molecule has 2 N–H and O–H groups in total. The zero-order valence-electron chi connectivity index (χ0n) is 21.6. The maximum atomic E-state index is 12.1. The normalized spacial score (nSPS) is 17.3. The lowest BCUT2D eigenvalue weighted by Crippen LogP contribution is -2.31. The Bertz CT molecular complexity index is 1640. The molecule has 1 saturated heterocycles. The Labute approximate surface area is 225 Å². The summed E-state index contributed by atoms with van der Waals surface area (Å²) in [6.45, 7) is 6.26. The fourth-order valence-electron chi connectivity index (χ4n) is 5.12. The molecule has 2 heterocycles. The fourth-order valence-corrected chi connectivity index (χ4v) is 6.46. The summed E-state index contributed by atoms with van der Waals surface area (Å²) in [5, 5.41) is 0.922. The van der Waals surface area contributed by atoms with Crippen LogP contribution in [0, 0.1) is 0 Å². The lowest BCUT2D eigenvalue weighted by Gasteiger charge is -2.18. The number of hydrogen-bond acceptors (Lipinski definition) is 8. The summed E-state index contributed by atoms with van der Waals surface area (Å²) >= 11 is 0. The van der Waals surface area contributed by atoms with Gasteiger partial charge in [0.15, 0.2) is 5.71 Å². The number of carbonyl (C=O) groups excluding carboxylic acids is 3. The van der Waals surface area contributed by atoms with Crippen molar-refractivity contribution in [2.45, 2.75) is 74.5 Å². The van der Waals surface area contributed by atoms with Gasteiger partial charge < -0.3 is 4.84 Å². The van der Waals surface area contributed by atoms with Gasteiger partial charge in [0, 0.05) is 49.6 Å². The molecule has 0 unspecified atom stereocenters. The van der Waals surface area contributed by atoms with Crippen LogP contribution in [0.3, 0.4) is 0 Å². The van der Waals surface area contributed by atoms with E-state index in [1.54, 1.807) is 6.07 Å². The highest BCUT2D eigenvalue weighted by Crippen LogP contribution is 2.45. The summed E-state index contributed by atoms with van der Waals surface area (Å²) in [4.78, 5) is 38.8. The van der Waals surface area contributed by atoms with Crippen LogP contribution in [0.25, 0.3) is 10.8 Å². The van der Waals surface area contributed by atoms with Crippen LogP contribution in [-0.2, 0) is 44.9 Å². The zero-order chi connectivity index (χ0) is 28.9. The lowest BCUT2D eigenvalue weighted by atomic mass is 9.80. The second kappa shape index (κ2) is 10.1. The second-order valence-electron chi connectivity index (χ2n) is 10.1. The lowest BCUT2D eigenvalue weighted by molar-refractivity contribution is -0.439. The van der Waals surface area contributed by atoms with Gasteiger partial charge >= 0.3 is 5.97 Å². The van der Waals surface area contributed by atoms with Gasteiger partial charge in [-0.05, 0) is 50.3 Å². The van der Waals surface area contributed by atoms with Crippen LogP contribution in [-0.4, -0.2) is 65.6 Å². The van der Waals surface area contributed by atoms with E-state index in [2.05, 4.69) is 0 Å². The fraction of sp³-hybridized carbons (Fsp3) is 0.440. The van der Waals surface area contributed by atoms with Crippen molar-refractivity contribution in [1.29, 1.82) is 0 Å². The number of fused-ring (bicyclic) bond motifs is 3. The Kier molecular flexibility index (Phi) is 7.44. The molecule has 2 aliphatic rings. The Morgan fingerprint density at radius 2 is 1.62 bits per heavy atom. The summed E-state index contributed by atoms with van der Waals surface area (Å²) in [6.07, 6.45) is 1.83. The number of hydrogen-bond donors (Lipinski definition) is 2. The number of imide groups is 1. The van der Waals surface area contributed by atoms with E-state index in [9.17, 15) is 40.3 Å². The van der Waals surface area contributed by atoms with Crippen LogP contribution < -0.4 is 0 Å². The highest BCUT2D eigenvalue weighted by Gasteiger charge is 2.44. The molecular weight excluding hydrogens is 552 g/mol. The Morgan fingerprint density at radius 1 is 0.974 bits per heavy atom. The van der Waals surface area contributed by atoms with Gasteiger partial charge in [-0.3, -0.25) is 18.7 Å². The number of benzene rings is 2. The Hall–Kier alpha value is -3.20. The molecule has 0 saturated carbocycles. The topological polar surface area (TPSA) is 175 Å². The highest BCUT2D eigenvalue weighted by atomic mass is 32.2. The summed E-state index contributed by atoms with van der Waals surface area (Å²) < 4.78 is 69.5. The molecule has 0 spiro atoms. The maximum absolute atomic E-state index is 12.1. The maximum Gasteiger partial charge on any atom is 0.333 e. The third kappa shape index (κ3) is 5.46. The average molecular weight is 582 g/mol. The largest absolute Gasteiger partial charge is 0.333 e. The van der Waals surface area contributed by atoms with E-state index in [1.807, 2.05) is 25.3 Å². The quantitative estimate of drug-likeness (QED) is 0.194. The third-order valence-corrected chi connectivity index (χ3v) is 9.04. The number of unbranched alkanes of at least 4 members (excludes halogenated alkanes) is 2. The van der Waals surface area contributed by atoms with Gasteiger partial charge in [0.25, 0.3) is 32.1 Å². The second-order valence-corrected chi connectivity index (χ2v) is 13.0. The van der Waals surface area contributed by atoms with Crippen LogP contribution in [0.15, 0.2) is 34.1 Å². The number of amides is 2. The molecule has 0 radical (unpaired) electrons. The Morgan fingerprint density at radius 3 is 2.21 bits per heavy atom. The van der Waals surface area contributed by atoms with Crippen molar-refractivity contribution in [2.24, 2.45) is 0 Å². The average Bonchev–Trinajstić information content (AvgIpc) is 3.24. The van der Waals surface area contributed by atoms with Crippen LogP contribution in [0.4, 0.5) is 5.69 Å². The molecule has 14 heteroatoms. The van der Waals surface area contributed by atoms with Gasteiger partial charge in [-0.25, -0.2) is 4.79 Å². The minimum atomic E-state index is -4.81. The molecule has 2 amide bonds. The van der Waals surface area contributed by atoms with E-state index >= 15 is 0 Å². The predicted octanol–water partition coefficient (Wildman–Crippen LogP) is 2.90. The summed E-state index contributed by atoms with van der Waals surface area (Å²) in [5.74, 6) is -1.73. The SMILES string of the molecule is CC1=[N+](CCCCCC(=O)ON2C(=O)CCC2=O)c2ccc3c(S(=O)(=O)O)cc(S(=O)(=O)O)cc3c2C1(C)C. The summed E-state index contributed by atoms with van der Waals surface area (Å²) in [5.41, 5.74) is 1.64. The molecule has 0 bridgehead atoms. The van der Waals surface area contributed by atoms with Gasteiger partial charge in [0.1, 0.15) is 11.4 Å². The number of nitrogens with zero attached hydrogens (tertiary/aromatic N) is 2. The molecule has 210 valence electrons. The smallest absolute Gasteiger partial charge is 0.330 e. The minimum Gasteiger partial charge on any atom is -0.330 e. The van der Waals surface area contributed by atoms with E-state index < -0.39 is 53.2 Å². The van der Waals surface area contributed by atoms with Crippen molar-refractivity contribution >= 4 is 60.2 Å². The van der Waals surface area contributed by atoms with Gasteiger partial charge in [-0.1, -0.05) is 0 Å². The predicted molar refractivity (Wildman–Crippen MR) is 138 cm³/mol. The van der Waals surface area contributed by atoms with Crippen molar-refractivity contribution in [1.82, 2.24) is 5.06 Å². The first kappa shape index (κ1) is 28.8. The van der Waals surface area contributed by atoms with Gasteiger partial charge in [0.05, 0.1) is 10.3 Å². The van der Waals surface area contributed by atoms with Gasteiger partial charge in [0.2, 0.25) is 5.69 Å². The summed E-state index contributed by atoms with van der Waals surface area (Å²) in [7, 11) is -9.58. The van der Waals surface area contributed by atoms with Gasteiger partial charge in [-0.15, -0.1) is 5.06 Å². The molecule has 2 aromatic carbocycles. The van der Waals surface area contributed by atoms with Crippen molar-refractivity contribution in [2.75, 3.05) is 6.54 Å². The van der Waals surface area contributed by atoms with E-state index in [0.717, 1.165) is 17.5 Å². The number of carbonyl (C=O) groups is 3. The minimum absolute atomic E-state index is 0.0269. The monoisotopic (exact) mass is 581 g/mol. The third-order valence-electron chi connectivity index (χ3n) is 7.31. The van der Waals surface area contributed by atoms with E-state index in [1.165, 1.54) is 12.1 Å². The van der Waals surface area contributed by atoms with Gasteiger partial charge in [-0.2, -0.15) is 21.4 Å². The summed E-state index contributed by atoms with van der Waals surface area (Å²) in [6, 6.07) is 5.14. The molecule has 2 aromatic rings. The van der Waals surface area contributed by atoms with Crippen LogP contribution >= 0.6 is 0 Å². The molecule has 1 fully saturated rings. The number of hydroxylamine groups is 2. The van der Waals surface area contributed by atoms with Crippen molar-refractivity contribution in [3.63, 3.8) is 0 Å². The van der Waals surface area contributed by atoms with E-state index in [0.29, 0.717) is 36.4 Å². The van der Waals surface area contributed by atoms with Crippen molar-refractivity contribution in [3.05, 3.63) is 29.8 Å². The van der Waals surface area contributed by atoms with E-state index in [4.69, 9.17) is 4.84 Å². The molecule has 0 aliphatic carbocycles. The van der Waals surface area contributed by atoms with Crippen LogP contribution in [0.1, 0.15) is 64.9 Å². The molecule has 4 rings (SSSR count). The van der Waals surface area contributed by atoms with Crippen molar-refractivity contribution < 1.29 is 49.7 Å². The highest BCUT2D eigenvalue weighted by molar-refractivity contribution is 7.86. The Balaban J connectivity index is 1.55. The standard InChI is InChI=1S/C25H28N2O10S2/c1-15-25(2,3)24-18-13-16(38(31,32)33)14-20(39(34,35)36)17(18)8-9-19(24)26(15)12-6-4-5-7-23(30)37-27-21(28)10-11-22(27)29/h8-9,13-14H,4-7,10-12H2,1-3H3,(H-,31,32,33,34,35,36)/p+1. The molecule has 2 aliphatic heterocycles.